The first-order valence-corrected chi connectivity index (χ1v) is 11.2. The predicted molar refractivity (Wildman–Crippen MR) is 112 cm³/mol. The molecular weight excluding hydrogens is 435 g/mol. The van der Waals surface area contributed by atoms with Crippen molar-refractivity contribution in [3.63, 3.8) is 0 Å². The number of piperazine rings is 1. The van der Waals surface area contributed by atoms with E-state index in [4.69, 9.17) is 23.2 Å². The maximum absolute atomic E-state index is 13.0. The van der Waals surface area contributed by atoms with Crippen LogP contribution >= 0.6 is 23.2 Å². The number of sulfonamides is 1. The second-order valence-corrected chi connectivity index (χ2v) is 9.48. The molecule has 10 heteroatoms. The summed E-state index contributed by atoms with van der Waals surface area (Å²) in [5.41, 5.74) is 1.30. The van der Waals surface area contributed by atoms with E-state index < -0.39 is 10.0 Å². The standard InChI is InChI=1S/C19H18Cl2N4O3S/c20-15-4-3-13(10-16(15)21)11-18(26)24-6-8-25(9-7-24)29(27,28)17-12-23-19-14(17)2-1-5-22-19/h1-5,10,12H,6-9,11H2,(H,22,23). The molecule has 3 heterocycles. The predicted octanol–water partition coefficient (Wildman–Crippen LogP) is 2.95. The number of halogens is 2. The molecule has 0 spiro atoms. The third kappa shape index (κ3) is 3.98. The van der Waals surface area contributed by atoms with Crippen molar-refractivity contribution in [2.45, 2.75) is 11.3 Å². The Kier molecular flexibility index (Phi) is 5.52. The Morgan fingerprint density at radius 3 is 2.59 bits per heavy atom. The molecule has 2 aromatic heterocycles. The van der Waals surface area contributed by atoms with E-state index in [1.54, 1.807) is 41.4 Å². The molecular formula is C19H18Cl2N4O3S. The quantitative estimate of drug-likeness (QED) is 0.658. The van der Waals surface area contributed by atoms with Crippen LogP contribution in [0.15, 0.2) is 47.6 Å². The Morgan fingerprint density at radius 2 is 1.86 bits per heavy atom. The van der Waals surface area contributed by atoms with Crippen molar-refractivity contribution in [1.29, 1.82) is 0 Å². The molecule has 0 bridgehead atoms. The third-order valence-electron chi connectivity index (χ3n) is 4.96. The number of aromatic amines is 1. The third-order valence-corrected chi connectivity index (χ3v) is 7.64. The molecule has 4 rings (SSSR count). The molecule has 0 saturated carbocycles. The van der Waals surface area contributed by atoms with Crippen LogP contribution in [0.25, 0.3) is 11.0 Å². The topological polar surface area (TPSA) is 86.4 Å². The largest absolute Gasteiger partial charge is 0.345 e. The fourth-order valence-electron chi connectivity index (χ4n) is 3.40. The molecule has 1 N–H and O–H groups in total. The number of H-pyrrole nitrogens is 1. The van der Waals surface area contributed by atoms with Crippen LogP contribution < -0.4 is 0 Å². The van der Waals surface area contributed by atoms with Gasteiger partial charge < -0.3 is 9.88 Å². The summed E-state index contributed by atoms with van der Waals surface area (Å²) in [7, 11) is -3.67. The van der Waals surface area contributed by atoms with Gasteiger partial charge in [0.15, 0.2) is 0 Å². The number of carbonyl (C=O) groups is 1. The fourth-order valence-corrected chi connectivity index (χ4v) is 5.29. The first-order chi connectivity index (χ1) is 13.9. The van der Waals surface area contributed by atoms with Gasteiger partial charge in [-0.1, -0.05) is 29.3 Å². The molecule has 1 amide bonds. The number of nitrogens with one attached hydrogen (secondary N) is 1. The Morgan fingerprint density at radius 1 is 1.10 bits per heavy atom. The van der Waals surface area contributed by atoms with E-state index in [0.29, 0.717) is 34.2 Å². The number of aromatic nitrogens is 2. The number of hydrogen-bond donors (Lipinski definition) is 1. The molecule has 1 aromatic carbocycles. The summed E-state index contributed by atoms with van der Waals surface area (Å²) in [5.74, 6) is -0.0725. The average Bonchev–Trinajstić information content (AvgIpc) is 3.16. The van der Waals surface area contributed by atoms with E-state index in [1.165, 1.54) is 10.5 Å². The monoisotopic (exact) mass is 452 g/mol. The highest BCUT2D eigenvalue weighted by molar-refractivity contribution is 7.89. The molecule has 29 heavy (non-hydrogen) atoms. The first kappa shape index (κ1) is 20.2. The normalized spacial score (nSPS) is 15.7. The van der Waals surface area contributed by atoms with Crippen LogP contribution in [0, 0.1) is 0 Å². The van der Waals surface area contributed by atoms with Crippen molar-refractivity contribution in [1.82, 2.24) is 19.2 Å². The van der Waals surface area contributed by atoms with E-state index in [1.807, 2.05) is 0 Å². The van der Waals surface area contributed by atoms with Crippen LogP contribution in [-0.4, -0.2) is 59.7 Å². The van der Waals surface area contributed by atoms with Crippen molar-refractivity contribution in [2.75, 3.05) is 26.2 Å². The second-order valence-electron chi connectivity index (χ2n) is 6.76. The van der Waals surface area contributed by atoms with Gasteiger partial charge in [0.1, 0.15) is 10.5 Å². The van der Waals surface area contributed by atoms with Crippen LogP contribution in [-0.2, 0) is 21.2 Å². The molecule has 1 fully saturated rings. The summed E-state index contributed by atoms with van der Waals surface area (Å²) in [6.07, 6.45) is 3.26. The number of nitrogens with zero attached hydrogens (tertiary/aromatic N) is 3. The number of pyridine rings is 1. The van der Waals surface area contributed by atoms with Gasteiger partial charge in [0, 0.05) is 44.0 Å². The minimum atomic E-state index is -3.67. The summed E-state index contributed by atoms with van der Waals surface area (Å²) in [5, 5.41) is 1.40. The molecule has 0 radical (unpaired) electrons. The van der Waals surface area contributed by atoms with Crippen molar-refractivity contribution in [3.8, 4) is 0 Å². The number of amides is 1. The van der Waals surface area contributed by atoms with Gasteiger partial charge in [0.2, 0.25) is 15.9 Å². The molecule has 0 atom stereocenters. The van der Waals surface area contributed by atoms with Gasteiger partial charge in [-0.25, -0.2) is 13.4 Å². The Labute approximate surface area is 178 Å². The van der Waals surface area contributed by atoms with Crippen molar-refractivity contribution in [2.24, 2.45) is 0 Å². The number of hydrogen-bond acceptors (Lipinski definition) is 4. The average molecular weight is 453 g/mol. The van der Waals surface area contributed by atoms with Crippen LogP contribution in [0.3, 0.4) is 0 Å². The summed E-state index contributed by atoms with van der Waals surface area (Å²) in [6, 6.07) is 8.52. The molecule has 1 aliphatic rings. The maximum Gasteiger partial charge on any atom is 0.245 e. The summed E-state index contributed by atoms with van der Waals surface area (Å²) in [4.78, 5) is 21.5. The summed E-state index contributed by atoms with van der Waals surface area (Å²) < 4.78 is 27.5. The molecule has 152 valence electrons. The Bertz CT molecular complexity index is 1170. The first-order valence-electron chi connectivity index (χ1n) is 9.00. The molecule has 1 saturated heterocycles. The zero-order valence-corrected chi connectivity index (χ0v) is 17.6. The van der Waals surface area contributed by atoms with Gasteiger partial charge in [0.25, 0.3) is 0 Å². The molecule has 1 aliphatic heterocycles. The lowest BCUT2D eigenvalue weighted by Gasteiger charge is -2.34. The minimum absolute atomic E-state index is 0.0725. The van der Waals surface area contributed by atoms with Crippen LogP contribution in [0.1, 0.15) is 5.56 Å². The van der Waals surface area contributed by atoms with Crippen molar-refractivity contribution >= 4 is 50.2 Å². The Balaban J connectivity index is 1.43. The van der Waals surface area contributed by atoms with E-state index in [0.717, 1.165) is 5.56 Å². The van der Waals surface area contributed by atoms with Crippen LogP contribution in [0.2, 0.25) is 10.0 Å². The lowest BCUT2D eigenvalue weighted by atomic mass is 10.1. The lowest BCUT2D eigenvalue weighted by Crippen LogP contribution is -2.50. The van der Waals surface area contributed by atoms with Gasteiger partial charge in [-0.2, -0.15) is 4.31 Å². The second kappa shape index (κ2) is 7.95. The van der Waals surface area contributed by atoms with E-state index in [9.17, 15) is 13.2 Å². The maximum atomic E-state index is 13.0. The van der Waals surface area contributed by atoms with Crippen molar-refractivity contribution in [3.05, 3.63) is 58.3 Å². The highest BCUT2D eigenvalue weighted by Crippen LogP contribution is 2.26. The summed E-state index contributed by atoms with van der Waals surface area (Å²) in [6.45, 7) is 1.14. The SMILES string of the molecule is O=C(Cc1ccc(Cl)c(Cl)c1)N1CCN(S(=O)(=O)c2c[nH]c3ncccc23)CC1. The fraction of sp³-hybridized carbons (Fsp3) is 0.263. The number of fused-ring (bicyclic) bond motifs is 1. The van der Waals surface area contributed by atoms with Crippen molar-refractivity contribution < 1.29 is 13.2 Å². The van der Waals surface area contributed by atoms with Crippen LogP contribution in [0.4, 0.5) is 0 Å². The highest BCUT2D eigenvalue weighted by Gasteiger charge is 2.31. The van der Waals surface area contributed by atoms with E-state index in [2.05, 4.69) is 9.97 Å². The molecule has 3 aromatic rings. The smallest absolute Gasteiger partial charge is 0.245 e. The van der Waals surface area contributed by atoms with Gasteiger partial charge in [0.05, 0.1) is 16.5 Å². The molecule has 0 aliphatic carbocycles. The number of benzene rings is 1. The van der Waals surface area contributed by atoms with E-state index >= 15 is 0 Å². The lowest BCUT2D eigenvalue weighted by molar-refractivity contribution is -0.131. The Hall–Kier alpha value is -2.13. The molecule has 7 nitrogen and oxygen atoms in total. The highest BCUT2D eigenvalue weighted by atomic mass is 35.5. The van der Waals surface area contributed by atoms with E-state index in [-0.39, 0.29) is 30.3 Å². The summed E-state index contributed by atoms with van der Waals surface area (Å²) >= 11 is 11.9. The minimum Gasteiger partial charge on any atom is -0.345 e. The number of carbonyl (C=O) groups excluding carboxylic acids is 1. The van der Waals surface area contributed by atoms with Gasteiger partial charge in [-0.05, 0) is 29.8 Å². The van der Waals surface area contributed by atoms with Crippen LogP contribution in [0.5, 0.6) is 0 Å². The zero-order valence-electron chi connectivity index (χ0n) is 15.3. The van der Waals surface area contributed by atoms with Gasteiger partial charge >= 0.3 is 0 Å². The van der Waals surface area contributed by atoms with Gasteiger partial charge in [-0.3, -0.25) is 4.79 Å². The van der Waals surface area contributed by atoms with Gasteiger partial charge in [-0.15, -0.1) is 0 Å². The molecule has 0 unspecified atom stereocenters. The zero-order chi connectivity index (χ0) is 20.6. The number of rotatable bonds is 4.